The average Bonchev–Trinajstić information content (AvgIpc) is 2.94. The van der Waals surface area contributed by atoms with Crippen molar-refractivity contribution < 1.29 is 18.0 Å². The van der Waals surface area contributed by atoms with Crippen LogP contribution in [0.15, 0.2) is 12.3 Å². The van der Waals surface area contributed by atoms with E-state index in [2.05, 4.69) is 29.2 Å². The maximum Gasteiger partial charge on any atom is 0.408 e. The lowest BCUT2D eigenvalue weighted by atomic mass is 10.2. The zero-order chi connectivity index (χ0) is 16.5. The van der Waals surface area contributed by atoms with Gasteiger partial charge in [0.1, 0.15) is 6.54 Å². The van der Waals surface area contributed by atoms with Gasteiger partial charge in [-0.05, 0) is 33.6 Å². The second-order valence-electron chi connectivity index (χ2n) is 5.90. The number of nitrogens with one attached hydrogen (secondary N) is 1. The van der Waals surface area contributed by atoms with E-state index in [0.29, 0.717) is 12.1 Å². The molecule has 124 valence electrons. The van der Waals surface area contributed by atoms with Gasteiger partial charge in [-0.1, -0.05) is 0 Å². The summed E-state index contributed by atoms with van der Waals surface area (Å²) in [5.74, 6) is -0.113. The van der Waals surface area contributed by atoms with Crippen molar-refractivity contribution in [3.8, 4) is 0 Å². The predicted molar refractivity (Wildman–Crippen MR) is 76.4 cm³/mol. The van der Waals surface area contributed by atoms with E-state index in [4.69, 9.17) is 0 Å². The maximum atomic E-state index is 12.3. The molecule has 8 heteroatoms. The number of likely N-dealkylation sites (tertiary alicyclic amines) is 1. The summed E-state index contributed by atoms with van der Waals surface area (Å²) < 4.78 is 37.6. The van der Waals surface area contributed by atoms with Gasteiger partial charge in [-0.15, -0.1) is 0 Å². The normalized spacial score (nSPS) is 24.5. The lowest BCUT2D eigenvalue weighted by Gasteiger charge is -2.31. The van der Waals surface area contributed by atoms with Gasteiger partial charge in [-0.2, -0.15) is 18.3 Å². The van der Waals surface area contributed by atoms with E-state index in [1.54, 1.807) is 6.92 Å². The molecule has 2 rings (SSSR count). The number of carbonyl (C=O) groups excluding carboxylic acids is 1. The van der Waals surface area contributed by atoms with Crippen LogP contribution in [-0.2, 0) is 11.3 Å². The van der Waals surface area contributed by atoms with Crippen molar-refractivity contribution in [2.45, 2.75) is 64.5 Å². The van der Waals surface area contributed by atoms with E-state index < -0.39 is 12.7 Å². The maximum absolute atomic E-state index is 12.3. The van der Waals surface area contributed by atoms with Crippen LogP contribution >= 0.6 is 0 Å². The summed E-state index contributed by atoms with van der Waals surface area (Å²) in [7, 11) is 0. The molecule has 0 spiro atoms. The van der Waals surface area contributed by atoms with Crippen molar-refractivity contribution in [1.29, 1.82) is 0 Å². The van der Waals surface area contributed by atoms with E-state index in [1.165, 1.54) is 12.3 Å². The number of hydrogen-bond acceptors (Lipinski definition) is 3. The summed E-state index contributed by atoms with van der Waals surface area (Å²) in [5, 5.41) is 6.31. The average molecular weight is 318 g/mol. The molecule has 5 nitrogen and oxygen atoms in total. The standard InChI is InChI=1S/C14H21F3N4O/c1-9-4-5-10(2)21(9)11(3)13(22)18-12-6-7-20(19-12)8-14(15,16)17/h6-7,9-11H,4-5,8H2,1-3H3,(H,18,19,22)/t9-,10-,11-/m1/s1. The highest BCUT2D eigenvalue weighted by Crippen LogP contribution is 2.26. The molecule has 0 radical (unpaired) electrons. The largest absolute Gasteiger partial charge is 0.408 e. The minimum Gasteiger partial charge on any atom is -0.308 e. The number of alkyl halides is 3. The molecule has 0 aliphatic carbocycles. The third-order valence-corrected chi connectivity index (χ3v) is 4.08. The van der Waals surface area contributed by atoms with E-state index in [1.807, 2.05) is 0 Å². The Morgan fingerprint density at radius 1 is 1.41 bits per heavy atom. The van der Waals surface area contributed by atoms with Gasteiger partial charge in [0.15, 0.2) is 5.82 Å². The fourth-order valence-corrected chi connectivity index (χ4v) is 3.04. The third kappa shape index (κ3) is 4.00. The summed E-state index contributed by atoms with van der Waals surface area (Å²) in [4.78, 5) is 14.4. The number of aromatic nitrogens is 2. The van der Waals surface area contributed by atoms with Crippen LogP contribution in [0.5, 0.6) is 0 Å². The summed E-state index contributed by atoms with van der Waals surface area (Å²) in [6.45, 7) is 4.79. The molecule has 0 saturated carbocycles. The molecule has 22 heavy (non-hydrogen) atoms. The van der Waals surface area contributed by atoms with Crippen molar-refractivity contribution in [2.75, 3.05) is 5.32 Å². The molecule has 0 bridgehead atoms. The Morgan fingerprint density at radius 3 is 2.55 bits per heavy atom. The molecule has 0 aromatic carbocycles. The number of rotatable bonds is 4. The van der Waals surface area contributed by atoms with Crippen LogP contribution in [0.2, 0.25) is 0 Å². The van der Waals surface area contributed by atoms with Gasteiger partial charge in [0, 0.05) is 24.3 Å². The summed E-state index contributed by atoms with van der Waals surface area (Å²) in [6.07, 6.45) is -1.05. The topological polar surface area (TPSA) is 50.2 Å². The second-order valence-corrected chi connectivity index (χ2v) is 5.90. The van der Waals surface area contributed by atoms with Gasteiger partial charge in [0.25, 0.3) is 0 Å². The Bertz CT molecular complexity index is 518. The molecule has 1 fully saturated rings. The molecule has 1 aromatic rings. The molecule has 1 aromatic heterocycles. The van der Waals surface area contributed by atoms with Gasteiger partial charge in [0.2, 0.25) is 5.91 Å². The van der Waals surface area contributed by atoms with E-state index in [0.717, 1.165) is 17.5 Å². The van der Waals surface area contributed by atoms with Gasteiger partial charge >= 0.3 is 6.18 Å². The Morgan fingerprint density at radius 2 is 2.00 bits per heavy atom. The predicted octanol–water partition coefficient (Wildman–Crippen LogP) is 2.65. The zero-order valence-electron chi connectivity index (χ0n) is 12.9. The summed E-state index contributed by atoms with van der Waals surface area (Å²) >= 11 is 0. The number of halogens is 3. The minimum atomic E-state index is -4.33. The number of hydrogen-bond donors (Lipinski definition) is 1. The molecule has 1 aliphatic rings. The number of carbonyl (C=O) groups is 1. The lowest BCUT2D eigenvalue weighted by Crippen LogP contribution is -2.46. The number of nitrogens with zero attached hydrogens (tertiary/aromatic N) is 3. The lowest BCUT2D eigenvalue weighted by molar-refractivity contribution is -0.142. The van der Waals surface area contributed by atoms with Gasteiger partial charge in [-0.3, -0.25) is 14.4 Å². The highest BCUT2D eigenvalue weighted by atomic mass is 19.4. The van der Waals surface area contributed by atoms with Crippen LogP contribution in [0.25, 0.3) is 0 Å². The monoisotopic (exact) mass is 318 g/mol. The van der Waals surface area contributed by atoms with Crippen LogP contribution < -0.4 is 5.32 Å². The molecule has 1 N–H and O–H groups in total. The molecule has 1 amide bonds. The van der Waals surface area contributed by atoms with Crippen LogP contribution in [0.3, 0.4) is 0 Å². The van der Waals surface area contributed by atoms with E-state index in [-0.39, 0.29) is 17.8 Å². The molecular weight excluding hydrogens is 297 g/mol. The SMILES string of the molecule is C[C@@H]1CC[C@@H](C)N1[C@H](C)C(=O)Nc1ccn(CC(F)(F)F)n1. The molecule has 2 heterocycles. The van der Waals surface area contributed by atoms with Gasteiger partial charge < -0.3 is 5.32 Å². The molecule has 1 saturated heterocycles. The van der Waals surface area contributed by atoms with Crippen molar-refractivity contribution in [1.82, 2.24) is 14.7 Å². The van der Waals surface area contributed by atoms with Crippen molar-refractivity contribution in [3.05, 3.63) is 12.3 Å². The Kier molecular flexibility index (Phi) is 4.79. The van der Waals surface area contributed by atoms with Gasteiger partial charge in [-0.25, -0.2) is 0 Å². The first kappa shape index (κ1) is 16.8. The Hall–Kier alpha value is -1.57. The highest BCUT2D eigenvalue weighted by Gasteiger charge is 2.34. The first-order valence-corrected chi connectivity index (χ1v) is 7.36. The molecule has 1 aliphatic heterocycles. The van der Waals surface area contributed by atoms with Crippen molar-refractivity contribution in [2.24, 2.45) is 0 Å². The third-order valence-electron chi connectivity index (χ3n) is 4.08. The van der Waals surface area contributed by atoms with Gasteiger partial charge in [0.05, 0.1) is 6.04 Å². The number of amides is 1. The Balaban J connectivity index is 1.97. The summed E-state index contributed by atoms with van der Waals surface area (Å²) in [6, 6.07) is 1.66. The smallest absolute Gasteiger partial charge is 0.308 e. The van der Waals surface area contributed by atoms with Crippen LogP contribution in [0.4, 0.5) is 19.0 Å². The van der Waals surface area contributed by atoms with Crippen molar-refractivity contribution >= 4 is 11.7 Å². The minimum absolute atomic E-state index is 0.139. The van der Waals surface area contributed by atoms with E-state index in [9.17, 15) is 18.0 Å². The molecule has 3 atom stereocenters. The first-order valence-electron chi connectivity index (χ1n) is 7.36. The number of anilines is 1. The quantitative estimate of drug-likeness (QED) is 0.928. The Labute approximate surface area is 127 Å². The fourth-order valence-electron chi connectivity index (χ4n) is 3.04. The van der Waals surface area contributed by atoms with E-state index >= 15 is 0 Å². The first-order chi connectivity index (χ1) is 10.2. The summed E-state index contributed by atoms with van der Waals surface area (Å²) in [5.41, 5.74) is 0. The van der Waals surface area contributed by atoms with Crippen molar-refractivity contribution in [3.63, 3.8) is 0 Å². The van der Waals surface area contributed by atoms with Crippen LogP contribution in [0.1, 0.15) is 33.6 Å². The second kappa shape index (κ2) is 6.28. The molecule has 0 unspecified atom stereocenters. The fraction of sp³-hybridized carbons (Fsp3) is 0.714. The molecular formula is C14H21F3N4O. The van der Waals surface area contributed by atoms with Crippen LogP contribution in [-0.4, -0.2) is 44.9 Å². The van der Waals surface area contributed by atoms with Crippen LogP contribution in [0, 0.1) is 0 Å². The highest BCUT2D eigenvalue weighted by molar-refractivity contribution is 5.93. The zero-order valence-corrected chi connectivity index (χ0v) is 12.9.